The van der Waals surface area contributed by atoms with Crippen LogP contribution < -0.4 is 4.73 Å². The van der Waals surface area contributed by atoms with Crippen LogP contribution in [-0.4, -0.2) is 33.5 Å². The molecular weight excluding hydrogens is 452 g/mol. The molecule has 1 saturated heterocycles. The number of ether oxygens (including phenoxy) is 1. The van der Waals surface area contributed by atoms with E-state index in [2.05, 4.69) is 31.2 Å². The SMILES string of the molecule is CC[C@@H](c1ccc(-c2cc(C)[n+](O)c(C)c2)cc1)N1CC[C@](CC(C)(C)O)(c2ccccc2)OC1=O. The van der Waals surface area contributed by atoms with Gasteiger partial charge in [-0.25, -0.2) is 4.79 Å². The molecule has 2 heterocycles. The van der Waals surface area contributed by atoms with Crippen LogP contribution in [0.5, 0.6) is 0 Å². The van der Waals surface area contributed by atoms with Crippen LogP contribution in [0.15, 0.2) is 66.7 Å². The molecule has 3 aromatic rings. The summed E-state index contributed by atoms with van der Waals surface area (Å²) in [6.45, 7) is 9.86. The van der Waals surface area contributed by atoms with E-state index in [0.29, 0.717) is 19.4 Å². The number of aliphatic hydroxyl groups is 1. The van der Waals surface area contributed by atoms with Gasteiger partial charge in [-0.1, -0.05) is 61.5 Å². The molecule has 0 radical (unpaired) electrons. The predicted molar refractivity (Wildman–Crippen MR) is 139 cm³/mol. The van der Waals surface area contributed by atoms with Crippen LogP contribution in [0, 0.1) is 13.8 Å². The average Bonchev–Trinajstić information content (AvgIpc) is 2.84. The summed E-state index contributed by atoms with van der Waals surface area (Å²) < 4.78 is 7.37. The van der Waals surface area contributed by atoms with E-state index in [-0.39, 0.29) is 12.1 Å². The smallest absolute Gasteiger partial charge is 0.411 e. The zero-order valence-corrected chi connectivity index (χ0v) is 21.9. The van der Waals surface area contributed by atoms with Gasteiger partial charge in [0.25, 0.3) is 0 Å². The van der Waals surface area contributed by atoms with E-state index < -0.39 is 11.2 Å². The Morgan fingerprint density at radius 1 is 1.03 bits per heavy atom. The molecule has 2 atom stereocenters. The van der Waals surface area contributed by atoms with Gasteiger partial charge < -0.3 is 14.7 Å². The molecule has 1 fully saturated rings. The maximum absolute atomic E-state index is 13.4. The van der Waals surface area contributed by atoms with Crippen LogP contribution in [0.1, 0.15) is 68.6 Å². The Balaban J connectivity index is 1.58. The second-order valence-corrected chi connectivity index (χ2v) is 10.5. The fourth-order valence-electron chi connectivity index (χ4n) is 5.42. The summed E-state index contributed by atoms with van der Waals surface area (Å²) in [5.74, 6) is 0. The second-order valence-electron chi connectivity index (χ2n) is 10.5. The molecule has 4 rings (SSSR count). The molecule has 0 aliphatic carbocycles. The number of hydrogen-bond donors (Lipinski definition) is 2. The van der Waals surface area contributed by atoms with E-state index in [9.17, 15) is 15.1 Å². The minimum absolute atomic E-state index is 0.110. The molecule has 0 unspecified atom stereocenters. The monoisotopic (exact) mass is 489 g/mol. The number of amides is 1. The van der Waals surface area contributed by atoms with Crippen molar-refractivity contribution in [2.75, 3.05) is 6.54 Å². The van der Waals surface area contributed by atoms with Gasteiger partial charge in [-0.3, -0.25) is 5.21 Å². The normalized spacial score (nSPS) is 19.2. The zero-order chi connectivity index (χ0) is 26.1. The number of rotatable bonds is 7. The molecule has 1 aromatic heterocycles. The summed E-state index contributed by atoms with van der Waals surface area (Å²) in [5.41, 5.74) is 3.74. The van der Waals surface area contributed by atoms with Crippen molar-refractivity contribution in [2.24, 2.45) is 0 Å². The molecule has 0 spiro atoms. The molecule has 1 amide bonds. The maximum Gasteiger partial charge on any atom is 0.411 e. The van der Waals surface area contributed by atoms with Gasteiger partial charge in [0, 0.05) is 50.1 Å². The minimum Gasteiger partial charge on any atom is -0.438 e. The third-order valence-corrected chi connectivity index (χ3v) is 7.08. The summed E-state index contributed by atoms with van der Waals surface area (Å²) in [6.07, 6.45) is 1.34. The van der Waals surface area contributed by atoms with E-state index in [1.54, 1.807) is 13.8 Å². The third kappa shape index (κ3) is 5.24. The molecule has 6 nitrogen and oxygen atoms in total. The quantitative estimate of drug-likeness (QED) is 0.323. The van der Waals surface area contributed by atoms with E-state index >= 15 is 0 Å². The highest BCUT2D eigenvalue weighted by Crippen LogP contribution is 2.43. The van der Waals surface area contributed by atoms with Crippen molar-refractivity contribution in [3.63, 3.8) is 0 Å². The van der Waals surface area contributed by atoms with Crippen LogP contribution in [0.3, 0.4) is 0 Å². The highest BCUT2D eigenvalue weighted by molar-refractivity contribution is 5.70. The van der Waals surface area contributed by atoms with Crippen molar-refractivity contribution in [1.29, 1.82) is 0 Å². The topological polar surface area (TPSA) is 73.9 Å². The summed E-state index contributed by atoms with van der Waals surface area (Å²) in [4.78, 5) is 15.2. The lowest BCUT2D eigenvalue weighted by Gasteiger charge is -2.46. The number of aromatic nitrogens is 1. The molecule has 2 N–H and O–H groups in total. The Morgan fingerprint density at radius 3 is 2.17 bits per heavy atom. The van der Waals surface area contributed by atoms with Crippen LogP contribution in [0.25, 0.3) is 11.1 Å². The Kier molecular flexibility index (Phi) is 7.10. The van der Waals surface area contributed by atoms with Crippen molar-refractivity contribution in [2.45, 2.75) is 71.1 Å². The van der Waals surface area contributed by atoms with Gasteiger partial charge in [0.2, 0.25) is 11.4 Å². The van der Waals surface area contributed by atoms with Crippen LogP contribution >= 0.6 is 0 Å². The van der Waals surface area contributed by atoms with Crippen molar-refractivity contribution in [1.82, 2.24) is 4.90 Å². The van der Waals surface area contributed by atoms with Crippen LogP contribution in [0.4, 0.5) is 4.79 Å². The van der Waals surface area contributed by atoms with E-state index in [0.717, 1.165) is 40.1 Å². The Morgan fingerprint density at radius 2 is 1.64 bits per heavy atom. The van der Waals surface area contributed by atoms with Gasteiger partial charge in [-0.15, -0.1) is 0 Å². The zero-order valence-electron chi connectivity index (χ0n) is 21.9. The predicted octanol–water partition coefficient (Wildman–Crippen LogP) is 5.85. The molecule has 2 aromatic carbocycles. The molecule has 1 aliphatic rings. The standard InChI is InChI=1S/C30H37N2O4/c1-6-27(24-14-12-23(13-15-24)25-18-21(2)32(35)22(3)19-25)31-17-16-30(36-28(31)33,20-29(4,5)34)26-10-8-7-9-11-26/h7-15,18-19,27,34-35H,6,16-17,20H2,1-5H3/q+1/t27-,30-/m0/s1. The maximum atomic E-state index is 13.4. The first-order valence-electron chi connectivity index (χ1n) is 12.6. The molecule has 190 valence electrons. The number of carbonyl (C=O) groups excluding carboxylic acids is 1. The van der Waals surface area contributed by atoms with Crippen molar-refractivity contribution < 1.29 is 24.6 Å². The lowest BCUT2D eigenvalue weighted by Crippen LogP contribution is -2.51. The summed E-state index contributed by atoms with van der Waals surface area (Å²) in [6, 6.07) is 21.8. The Hall–Kier alpha value is -3.38. The molecule has 0 bridgehead atoms. The van der Waals surface area contributed by atoms with E-state index in [4.69, 9.17) is 4.74 Å². The number of hydrogen-bond acceptors (Lipinski definition) is 4. The lowest BCUT2D eigenvalue weighted by atomic mass is 9.80. The molecule has 0 saturated carbocycles. The van der Waals surface area contributed by atoms with Crippen molar-refractivity contribution in [3.05, 3.63) is 89.2 Å². The molecule has 6 heteroatoms. The molecular formula is C30H37N2O4+. The fourth-order valence-corrected chi connectivity index (χ4v) is 5.42. The number of nitrogens with zero attached hydrogens (tertiary/aromatic N) is 2. The van der Waals surface area contributed by atoms with Crippen molar-refractivity contribution >= 4 is 6.09 Å². The number of benzene rings is 2. The largest absolute Gasteiger partial charge is 0.438 e. The Bertz CT molecular complexity index is 1190. The number of pyridine rings is 1. The molecule has 1 aliphatic heterocycles. The van der Waals surface area contributed by atoms with Gasteiger partial charge in [-0.05, 0) is 42.5 Å². The van der Waals surface area contributed by atoms with Gasteiger partial charge >= 0.3 is 6.09 Å². The highest BCUT2D eigenvalue weighted by Gasteiger charge is 2.46. The van der Waals surface area contributed by atoms with E-state index in [1.165, 1.54) is 4.73 Å². The first-order chi connectivity index (χ1) is 17.0. The molecule has 36 heavy (non-hydrogen) atoms. The Labute approximate surface area is 213 Å². The van der Waals surface area contributed by atoms with Gasteiger partial charge in [0.1, 0.15) is 5.60 Å². The second kappa shape index (κ2) is 9.94. The fraction of sp³-hybridized carbons (Fsp3) is 0.400. The number of aryl methyl sites for hydroxylation is 2. The lowest BCUT2D eigenvalue weighted by molar-refractivity contribution is -0.912. The first-order valence-corrected chi connectivity index (χ1v) is 12.6. The van der Waals surface area contributed by atoms with Crippen LogP contribution in [0.2, 0.25) is 0 Å². The van der Waals surface area contributed by atoms with Crippen molar-refractivity contribution in [3.8, 4) is 11.1 Å². The van der Waals surface area contributed by atoms with Gasteiger partial charge in [-0.2, -0.15) is 0 Å². The average molecular weight is 490 g/mol. The summed E-state index contributed by atoms with van der Waals surface area (Å²) in [5, 5.41) is 20.7. The summed E-state index contributed by atoms with van der Waals surface area (Å²) in [7, 11) is 0. The number of cyclic esters (lactones) is 1. The van der Waals surface area contributed by atoms with Crippen LogP contribution in [-0.2, 0) is 10.3 Å². The van der Waals surface area contributed by atoms with E-state index in [1.807, 2.05) is 61.2 Å². The third-order valence-electron chi connectivity index (χ3n) is 7.08. The van der Waals surface area contributed by atoms with Gasteiger partial charge in [0.05, 0.1) is 11.6 Å². The number of carbonyl (C=O) groups is 1. The highest BCUT2D eigenvalue weighted by atomic mass is 16.6. The first kappa shape index (κ1) is 25.7. The minimum atomic E-state index is -0.984. The van der Waals surface area contributed by atoms with Gasteiger partial charge in [0.15, 0.2) is 0 Å². The summed E-state index contributed by atoms with van der Waals surface area (Å²) >= 11 is 0.